The molecule has 126 valence electrons. The summed E-state index contributed by atoms with van der Waals surface area (Å²) < 4.78 is 54.2. The molecule has 0 aliphatic carbocycles. The standard InChI is InChI=1S/C14H12F4N6/c15-9-6-10-11(5-8(9)14(16,17)18)24-7-20-22-13(24)12(21-10)23-3-1-19-2-4-23/h5-7,19H,1-4H2. The molecule has 1 aliphatic rings. The van der Waals surface area contributed by atoms with Gasteiger partial charge in [0.05, 0.1) is 16.6 Å². The summed E-state index contributed by atoms with van der Waals surface area (Å²) in [6.45, 7) is 2.84. The number of piperazine rings is 1. The van der Waals surface area contributed by atoms with Gasteiger partial charge in [-0.1, -0.05) is 0 Å². The summed E-state index contributed by atoms with van der Waals surface area (Å²) in [4.78, 5) is 6.30. The maximum atomic E-state index is 13.9. The Morgan fingerprint density at radius 1 is 1.12 bits per heavy atom. The summed E-state index contributed by atoms with van der Waals surface area (Å²) in [6, 6.07) is 1.55. The molecule has 0 saturated carbocycles. The monoisotopic (exact) mass is 340 g/mol. The van der Waals surface area contributed by atoms with Gasteiger partial charge in [-0.15, -0.1) is 10.2 Å². The predicted octanol–water partition coefficient (Wildman–Crippen LogP) is 1.84. The molecule has 1 N–H and O–H groups in total. The number of hydrogen-bond acceptors (Lipinski definition) is 5. The van der Waals surface area contributed by atoms with E-state index in [2.05, 4.69) is 20.5 Å². The number of nitrogens with one attached hydrogen (secondary N) is 1. The van der Waals surface area contributed by atoms with Crippen LogP contribution in [0.15, 0.2) is 18.5 Å². The second-order valence-corrected chi connectivity index (χ2v) is 5.52. The number of alkyl halides is 3. The van der Waals surface area contributed by atoms with Crippen molar-refractivity contribution in [2.24, 2.45) is 0 Å². The first-order valence-corrected chi connectivity index (χ1v) is 7.31. The van der Waals surface area contributed by atoms with Crippen LogP contribution >= 0.6 is 0 Å². The molecular weight excluding hydrogens is 328 g/mol. The fourth-order valence-electron chi connectivity index (χ4n) is 2.87. The van der Waals surface area contributed by atoms with Crippen LogP contribution in [-0.2, 0) is 6.18 Å². The summed E-state index contributed by atoms with van der Waals surface area (Å²) in [5.74, 6) is -0.859. The van der Waals surface area contributed by atoms with Gasteiger partial charge in [-0.25, -0.2) is 9.37 Å². The zero-order chi connectivity index (χ0) is 16.9. The quantitative estimate of drug-likeness (QED) is 0.685. The molecule has 6 nitrogen and oxygen atoms in total. The number of nitrogens with zero attached hydrogens (tertiary/aromatic N) is 5. The van der Waals surface area contributed by atoms with Crippen LogP contribution in [0.4, 0.5) is 23.4 Å². The summed E-state index contributed by atoms with van der Waals surface area (Å²) in [5, 5.41) is 10.9. The highest BCUT2D eigenvalue weighted by atomic mass is 19.4. The van der Waals surface area contributed by atoms with E-state index in [1.54, 1.807) is 0 Å². The van der Waals surface area contributed by atoms with Gasteiger partial charge in [-0.2, -0.15) is 13.2 Å². The minimum atomic E-state index is -4.78. The third kappa shape index (κ3) is 2.33. The van der Waals surface area contributed by atoms with Crippen molar-refractivity contribution >= 4 is 22.5 Å². The molecule has 0 bridgehead atoms. The third-order valence-corrected chi connectivity index (χ3v) is 4.02. The molecule has 1 aromatic carbocycles. The summed E-state index contributed by atoms with van der Waals surface area (Å²) in [7, 11) is 0. The van der Waals surface area contributed by atoms with E-state index < -0.39 is 17.6 Å². The SMILES string of the molecule is Fc1cc2nc(N3CCNCC3)c3nncn3c2cc1C(F)(F)F. The van der Waals surface area contributed by atoms with E-state index in [1.807, 2.05) is 4.90 Å². The normalized spacial score (nSPS) is 16.2. The first-order valence-electron chi connectivity index (χ1n) is 7.31. The average molecular weight is 340 g/mol. The number of hydrogen-bond donors (Lipinski definition) is 1. The number of benzene rings is 1. The van der Waals surface area contributed by atoms with Crippen molar-refractivity contribution in [1.82, 2.24) is 24.9 Å². The van der Waals surface area contributed by atoms with Crippen molar-refractivity contribution in [2.45, 2.75) is 6.18 Å². The van der Waals surface area contributed by atoms with Crippen LogP contribution in [0.5, 0.6) is 0 Å². The summed E-state index contributed by atoms with van der Waals surface area (Å²) >= 11 is 0. The fraction of sp³-hybridized carbons (Fsp3) is 0.357. The molecule has 24 heavy (non-hydrogen) atoms. The minimum Gasteiger partial charge on any atom is -0.351 e. The van der Waals surface area contributed by atoms with Crippen molar-refractivity contribution in [3.63, 3.8) is 0 Å². The lowest BCUT2D eigenvalue weighted by molar-refractivity contribution is -0.139. The molecule has 10 heteroatoms. The molecule has 0 radical (unpaired) electrons. The molecule has 4 rings (SSSR count). The molecule has 1 aliphatic heterocycles. The van der Waals surface area contributed by atoms with Gasteiger partial charge in [0.2, 0.25) is 5.65 Å². The van der Waals surface area contributed by atoms with Crippen LogP contribution in [0.2, 0.25) is 0 Å². The number of halogens is 4. The maximum absolute atomic E-state index is 13.9. The largest absolute Gasteiger partial charge is 0.419 e. The second-order valence-electron chi connectivity index (χ2n) is 5.52. The van der Waals surface area contributed by atoms with Crippen LogP contribution < -0.4 is 10.2 Å². The Hall–Kier alpha value is -2.49. The van der Waals surface area contributed by atoms with Crippen molar-refractivity contribution in [1.29, 1.82) is 0 Å². The molecule has 0 amide bonds. The molecular formula is C14H12F4N6. The lowest BCUT2D eigenvalue weighted by Crippen LogP contribution is -2.44. The van der Waals surface area contributed by atoms with Crippen LogP contribution in [-0.4, -0.2) is 45.8 Å². The van der Waals surface area contributed by atoms with E-state index in [-0.39, 0.29) is 11.0 Å². The van der Waals surface area contributed by atoms with Crippen molar-refractivity contribution in [3.8, 4) is 0 Å². The van der Waals surface area contributed by atoms with Gasteiger partial charge >= 0.3 is 6.18 Å². The number of aromatic nitrogens is 4. The van der Waals surface area contributed by atoms with Gasteiger partial charge in [-0.05, 0) is 6.07 Å². The first-order chi connectivity index (χ1) is 11.4. The molecule has 1 saturated heterocycles. The Balaban J connectivity index is 1.98. The number of rotatable bonds is 1. The molecule has 3 aromatic rings. The molecule has 0 atom stereocenters. The fourth-order valence-corrected chi connectivity index (χ4v) is 2.87. The van der Waals surface area contributed by atoms with E-state index in [9.17, 15) is 17.6 Å². The van der Waals surface area contributed by atoms with E-state index in [1.165, 1.54) is 10.7 Å². The zero-order valence-electron chi connectivity index (χ0n) is 12.3. The Morgan fingerprint density at radius 2 is 1.88 bits per heavy atom. The molecule has 0 spiro atoms. The van der Waals surface area contributed by atoms with E-state index in [0.717, 1.165) is 25.2 Å². The Kier molecular flexibility index (Phi) is 3.30. The Morgan fingerprint density at radius 3 is 2.58 bits per heavy atom. The molecule has 0 unspecified atom stereocenters. The second kappa shape index (κ2) is 5.26. The number of anilines is 1. The number of fused-ring (bicyclic) bond motifs is 3. The summed E-state index contributed by atoms with van der Waals surface area (Å²) in [6.07, 6.45) is -3.47. The highest BCUT2D eigenvalue weighted by Crippen LogP contribution is 2.34. The minimum absolute atomic E-state index is 0.114. The summed E-state index contributed by atoms with van der Waals surface area (Å²) in [5.41, 5.74) is -0.741. The van der Waals surface area contributed by atoms with Gasteiger partial charge in [0.25, 0.3) is 0 Å². The smallest absolute Gasteiger partial charge is 0.351 e. The third-order valence-electron chi connectivity index (χ3n) is 4.02. The lowest BCUT2D eigenvalue weighted by atomic mass is 10.1. The molecule has 3 heterocycles. The van der Waals surface area contributed by atoms with Gasteiger partial charge in [-0.3, -0.25) is 4.40 Å². The highest BCUT2D eigenvalue weighted by Gasteiger charge is 2.35. The van der Waals surface area contributed by atoms with Gasteiger partial charge in [0.1, 0.15) is 12.1 Å². The maximum Gasteiger partial charge on any atom is 0.419 e. The van der Waals surface area contributed by atoms with Crippen LogP contribution in [0, 0.1) is 5.82 Å². The first kappa shape index (κ1) is 15.1. The van der Waals surface area contributed by atoms with Gasteiger partial charge in [0.15, 0.2) is 5.82 Å². The molecule has 2 aromatic heterocycles. The van der Waals surface area contributed by atoms with Crippen LogP contribution in [0.3, 0.4) is 0 Å². The highest BCUT2D eigenvalue weighted by molar-refractivity contribution is 5.83. The predicted molar refractivity (Wildman–Crippen MR) is 78.3 cm³/mol. The Labute approximate surface area is 133 Å². The van der Waals surface area contributed by atoms with Gasteiger partial charge in [0, 0.05) is 32.2 Å². The van der Waals surface area contributed by atoms with Gasteiger partial charge < -0.3 is 10.2 Å². The average Bonchev–Trinajstić information content (AvgIpc) is 3.03. The van der Waals surface area contributed by atoms with Crippen LogP contribution in [0.1, 0.15) is 5.56 Å². The van der Waals surface area contributed by atoms with E-state index in [0.29, 0.717) is 24.6 Å². The van der Waals surface area contributed by atoms with Crippen molar-refractivity contribution < 1.29 is 17.6 Å². The zero-order valence-corrected chi connectivity index (χ0v) is 12.3. The van der Waals surface area contributed by atoms with Crippen molar-refractivity contribution in [2.75, 3.05) is 31.1 Å². The van der Waals surface area contributed by atoms with E-state index in [4.69, 9.17) is 0 Å². The lowest BCUT2D eigenvalue weighted by Gasteiger charge is -2.28. The molecule has 1 fully saturated rings. The van der Waals surface area contributed by atoms with E-state index >= 15 is 0 Å². The van der Waals surface area contributed by atoms with Crippen molar-refractivity contribution in [3.05, 3.63) is 29.8 Å². The Bertz CT molecular complexity index is 913. The topological polar surface area (TPSA) is 58.4 Å². The van der Waals surface area contributed by atoms with Crippen LogP contribution in [0.25, 0.3) is 16.7 Å².